The maximum Gasteiger partial charge on any atom is 0.163 e. The number of pyridine rings is 1. The third kappa shape index (κ3) is 5.53. The SMILES string of the molecule is COc1ccc(N(Cc2cccnc2)c2ccc(C[C@@H]3CCOC3)cc2)cc1OC1CCCC1. The Labute approximate surface area is 202 Å². The maximum atomic E-state index is 6.39. The molecule has 1 atom stereocenters. The van der Waals surface area contributed by atoms with Gasteiger partial charge in [-0.15, -0.1) is 0 Å². The molecule has 0 bridgehead atoms. The molecule has 5 rings (SSSR count). The van der Waals surface area contributed by atoms with Crippen LogP contribution in [0.3, 0.4) is 0 Å². The third-order valence-corrected chi connectivity index (χ3v) is 6.91. The fourth-order valence-corrected chi connectivity index (χ4v) is 5.01. The fourth-order valence-electron chi connectivity index (χ4n) is 5.01. The summed E-state index contributed by atoms with van der Waals surface area (Å²) in [6, 6.07) is 19.3. The highest BCUT2D eigenvalue weighted by Gasteiger charge is 2.21. The summed E-state index contributed by atoms with van der Waals surface area (Å²) in [7, 11) is 1.71. The molecule has 1 aliphatic heterocycles. The van der Waals surface area contributed by atoms with E-state index in [1.807, 2.05) is 24.5 Å². The van der Waals surface area contributed by atoms with Gasteiger partial charge >= 0.3 is 0 Å². The van der Waals surface area contributed by atoms with Gasteiger partial charge in [-0.2, -0.15) is 0 Å². The normalized spacial score (nSPS) is 18.2. The first-order valence-corrected chi connectivity index (χ1v) is 12.5. The van der Waals surface area contributed by atoms with E-state index >= 15 is 0 Å². The molecule has 2 aliphatic rings. The van der Waals surface area contributed by atoms with E-state index in [0.29, 0.717) is 5.92 Å². The summed E-state index contributed by atoms with van der Waals surface area (Å²) < 4.78 is 17.6. The Kier molecular flexibility index (Phi) is 7.30. The number of hydrogen-bond acceptors (Lipinski definition) is 5. The Balaban J connectivity index is 1.43. The first-order valence-electron chi connectivity index (χ1n) is 12.5. The summed E-state index contributed by atoms with van der Waals surface area (Å²) in [5.41, 5.74) is 4.74. The highest BCUT2D eigenvalue weighted by Crippen LogP contribution is 2.38. The maximum absolute atomic E-state index is 6.39. The Hall–Kier alpha value is -3.05. The predicted octanol–water partition coefficient (Wildman–Crippen LogP) is 6.33. The number of ether oxygens (including phenoxy) is 3. The van der Waals surface area contributed by atoms with Crippen LogP contribution in [-0.4, -0.2) is 31.4 Å². The van der Waals surface area contributed by atoms with Crippen molar-refractivity contribution in [3.8, 4) is 11.5 Å². The van der Waals surface area contributed by atoms with Crippen molar-refractivity contribution in [1.82, 2.24) is 4.98 Å². The number of nitrogens with zero attached hydrogens (tertiary/aromatic N) is 2. The Bertz CT molecular complexity index is 1040. The lowest BCUT2D eigenvalue weighted by atomic mass is 9.98. The van der Waals surface area contributed by atoms with Crippen LogP contribution in [0.1, 0.15) is 43.2 Å². The van der Waals surface area contributed by atoms with Gasteiger partial charge in [0.1, 0.15) is 0 Å². The summed E-state index contributed by atoms with van der Waals surface area (Å²) in [6.45, 7) is 2.49. The average molecular weight is 459 g/mol. The first kappa shape index (κ1) is 22.7. The zero-order chi connectivity index (χ0) is 23.2. The molecular formula is C29H34N2O3. The van der Waals surface area contributed by atoms with Crippen LogP contribution < -0.4 is 14.4 Å². The van der Waals surface area contributed by atoms with Gasteiger partial charge < -0.3 is 19.1 Å². The van der Waals surface area contributed by atoms with E-state index < -0.39 is 0 Å². The van der Waals surface area contributed by atoms with E-state index in [2.05, 4.69) is 52.3 Å². The molecular weight excluding hydrogens is 424 g/mol. The first-order chi connectivity index (χ1) is 16.8. The number of rotatable bonds is 9. The van der Waals surface area contributed by atoms with E-state index in [9.17, 15) is 0 Å². The molecule has 1 saturated carbocycles. The molecule has 2 fully saturated rings. The summed E-state index contributed by atoms with van der Waals surface area (Å²) >= 11 is 0. The number of aromatic nitrogens is 1. The minimum atomic E-state index is 0.273. The van der Waals surface area contributed by atoms with Gasteiger partial charge in [0.15, 0.2) is 11.5 Å². The molecule has 0 spiro atoms. The molecule has 2 aromatic carbocycles. The van der Waals surface area contributed by atoms with Gasteiger partial charge in [-0.25, -0.2) is 0 Å². The highest BCUT2D eigenvalue weighted by atomic mass is 16.5. The summed E-state index contributed by atoms with van der Waals surface area (Å²) in [5.74, 6) is 2.24. The minimum absolute atomic E-state index is 0.273. The van der Waals surface area contributed by atoms with Crippen LogP contribution in [0.15, 0.2) is 67.0 Å². The van der Waals surface area contributed by atoms with E-state index in [4.69, 9.17) is 14.2 Å². The van der Waals surface area contributed by atoms with Crippen LogP contribution >= 0.6 is 0 Å². The van der Waals surface area contributed by atoms with Gasteiger partial charge in [0.25, 0.3) is 0 Å². The second kappa shape index (κ2) is 10.9. The smallest absolute Gasteiger partial charge is 0.163 e. The molecule has 0 N–H and O–H groups in total. The van der Waals surface area contributed by atoms with Crippen molar-refractivity contribution in [2.24, 2.45) is 5.92 Å². The van der Waals surface area contributed by atoms with Crippen molar-refractivity contribution in [3.05, 3.63) is 78.1 Å². The highest BCUT2D eigenvalue weighted by molar-refractivity contribution is 5.67. The van der Waals surface area contributed by atoms with Gasteiger partial charge in [0.2, 0.25) is 0 Å². The quantitative estimate of drug-likeness (QED) is 0.375. The second-order valence-corrected chi connectivity index (χ2v) is 9.41. The summed E-state index contributed by atoms with van der Waals surface area (Å²) in [6.07, 6.45) is 10.9. The van der Waals surface area contributed by atoms with Crippen LogP contribution in [0.4, 0.5) is 11.4 Å². The Morgan fingerprint density at radius 3 is 2.47 bits per heavy atom. The van der Waals surface area contributed by atoms with Gasteiger partial charge in [0, 0.05) is 49.6 Å². The molecule has 0 radical (unpaired) electrons. The molecule has 34 heavy (non-hydrogen) atoms. The van der Waals surface area contributed by atoms with Gasteiger partial charge in [-0.1, -0.05) is 18.2 Å². The molecule has 3 aromatic rings. The van der Waals surface area contributed by atoms with E-state index in [0.717, 1.165) is 73.9 Å². The minimum Gasteiger partial charge on any atom is -0.493 e. The van der Waals surface area contributed by atoms with Gasteiger partial charge in [0.05, 0.1) is 13.2 Å². The largest absolute Gasteiger partial charge is 0.493 e. The molecule has 1 aliphatic carbocycles. The average Bonchev–Trinajstić information content (AvgIpc) is 3.58. The zero-order valence-corrected chi connectivity index (χ0v) is 20.0. The van der Waals surface area contributed by atoms with Crippen molar-refractivity contribution in [2.75, 3.05) is 25.2 Å². The molecule has 5 heteroatoms. The van der Waals surface area contributed by atoms with Crippen LogP contribution in [0.2, 0.25) is 0 Å². The molecule has 2 heterocycles. The van der Waals surface area contributed by atoms with Crippen LogP contribution in [0.5, 0.6) is 11.5 Å². The van der Waals surface area contributed by atoms with Crippen LogP contribution in [0.25, 0.3) is 0 Å². The Morgan fingerprint density at radius 2 is 1.76 bits per heavy atom. The van der Waals surface area contributed by atoms with Crippen molar-refractivity contribution in [3.63, 3.8) is 0 Å². The van der Waals surface area contributed by atoms with Gasteiger partial charge in [-0.05, 0) is 85.9 Å². The van der Waals surface area contributed by atoms with Crippen molar-refractivity contribution < 1.29 is 14.2 Å². The van der Waals surface area contributed by atoms with Gasteiger partial charge in [-0.3, -0.25) is 4.98 Å². The molecule has 0 unspecified atom stereocenters. The third-order valence-electron chi connectivity index (χ3n) is 6.91. The number of anilines is 2. The summed E-state index contributed by atoms with van der Waals surface area (Å²) in [5, 5.41) is 0. The lowest BCUT2D eigenvalue weighted by molar-refractivity contribution is 0.186. The number of benzene rings is 2. The number of hydrogen-bond donors (Lipinski definition) is 0. The molecule has 178 valence electrons. The molecule has 1 aromatic heterocycles. The molecule has 5 nitrogen and oxygen atoms in total. The van der Waals surface area contributed by atoms with Crippen molar-refractivity contribution >= 4 is 11.4 Å². The molecule has 1 saturated heterocycles. The summed E-state index contributed by atoms with van der Waals surface area (Å²) in [4.78, 5) is 6.65. The topological polar surface area (TPSA) is 43.8 Å². The second-order valence-electron chi connectivity index (χ2n) is 9.41. The molecule has 0 amide bonds. The van der Waals surface area contributed by atoms with E-state index in [-0.39, 0.29) is 6.10 Å². The zero-order valence-electron chi connectivity index (χ0n) is 20.0. The monoisotopic (exact) mass is 458 g/mol. The van der Waals surface area contributed by atoms with Crippen molar-refractivity contribution in [2.45, 2.75) is 51.2 Å². The van der Waals surface area contributed by atoms with Crippen LogP contribution in [-0.2, 0) is 17.7 Å². The lowest BCUT2D eigenvalue weighted by Crippen LogP contribution is -2.17. The lowest BCUT2D eigenvalue weighted by Gasteiger charge is -2.27. The number of methoxy groups -OCH3 is 1. The predicted molar refractivity (Wildman–Crippen MR) is 135 cm³/mol. The van der Waals surface area contributed by atoms with E-state index in [1.165, 1.54) is 18.4 Å². The Morgan fingerprint density at radius 1 is 0.941 bits per heavy atom. The van der Waals surface area contributed by atoms with Crippen LogP contribution in [0, 0.1) is 5.92 Å². The van der Waals surface area contributed by atoms with E-state index in [1.54, 1.807) is 7.11 Å². The standard InChI is InChI=1S/C29H34N2O3/c1-32-28-13-12-26(18-29(28)34-27-6-2-3-7-27)31(20-24-5-4-15-30-19-24)25-10-8-22(9-11-25)17-23-14-16-33-21-23/h4-5,8-13,15,18-19,23,27H,2-3,6-7,14,16-17,20-21H2,1H3/t23-/m0/s1. The fraction of sp³-hybridized carbons (Fsp3) is 0.414. The van der Waals surface area contributed by atoms with Crippen molar-refractivity contribution in [1.29, 1.82) is 0 Å².